The molecule has 0 heterocycles. The lowest BCUT2D eigenvalue weighted by molar-refractivity contribution is 0.354. The highest BCUT2D eigenvalue weighted by Crippen LogP contribution is 2.32. The van der Waals surface area contributed by atoms with Crippen LogP contribution in [0.5, 0.6) is 11.5 Å². The average molecular weight is 279 g/mol. The molecule has 5 heteroatoms. The van der Waals surface area contributed by atoms with Gasteiger partial charge in [0.15, 0.2) is 11.5 Å². The summed E-state index contributed by atoms with van der Waals surface area (Å²) in [6.45, 7) is 0. The number of ether oxygens (including phenoxy) is 2. The van der Waals surface area contributed by atoms with Crippen LogP contribution in [0.4, 0.5) is 8.78 Å². The standard InChI is InChI=1S/C15H15F2NO2/c1-19-13-6-3-9(7-14(13)20-2)15(18)11-8-10(16)4-5-12(11)17/h3-8,15H,18H2,1-2H3. The van der Waals surface area contributed by atoms with Crippen molar-refractivity contribution in [2.45, 2.75) is 6.04 Å². The number of nitrogens with two attached hydrogens (primary N) is 1. The molecule has 0 bridgehead atoms. The van der Waals surface area contributed by atoms with Crippen molar-refractivity contribution in [2.75, 3.05) is 14.2 Å². The van der Waals surface area contributed by atoms with E-state index in [9.17, 15) is 8.78 Å². The number of hydrogen-bond donors (Lipinski definition) is 1. The molecular formula is C15H15F2NO2. The van der Waals surface area contributed by atoms with Crippen molar-refractivity contribution in [2.24, 2.45) is 5.73 Å². The molecule has 0 aliphatic heterocycles. The molecule has 2 aromatic rings. The largest absolute Gasteiger partial charge is 0.493 e. The molecule has 2 rings (SSSR count). The van der Waals surface area contributed by atoms with Crippen LogP contribution in [-0.2, 0) is 0 Å². The molecule has 0 saturated carbocycles. The molecule has 0 radical (unpaired) electrons. The molecule has 1 atom stereocenters. The normalized spacial score (nSPS) is 12.1. The van der Waals surface area contributed by atoms with Gasteiger partial charge in [-0.2, -0.15) is 0 Å². The molecule has 0 fully saturated rings. The number of methoxy groups -OCH3 is 2. The summed E-state index contributed by atoms with van der Waals surface area (Å²) in [7, 11) is 3.01. The van der Waals surface area contributed by atoms with Gasteiger partial charge in [-0.25, -0.2) is 8.78 Å². The fourth-order valence-corrected chi connectivity index (χ4v) is 1.98. The molecular weight excluding hydrogens is 264 g/mol. The molecule has 3 nitrogen and oxygen atoms in total. The van der Waals surface area contributed by atoms with Crippen molar-refractivity contribution >= 4 is 0 Å². The predicted molar refractivity (Wildman–Crippen MR) is 71.9 cm³/mol. The van der Waals surface area contributed by atoms with Crippen molar-refractivity contribution in [3.63, 3.8) is 0 Å². The van der Waals surface area contributed by atoms with Gasteiger partial charge in [-0.15, -0.1) is 0 Å². The van der Waals surface area contributed by atoms with Crippen LogP contribution in [0.25, 0.3) is 0 Å². The molecule has 20 heavy (non-hydrogen) atoms. The van der Waals surface area contributed by atoms with Gasteiger partial charge in [0, 0.05) is 5.56 Å². The summed E-state index contributed by atoms with van der Waals surface area (Å²) in [6.07, 6.45) is 0. The van der Waals surface area contributed by atoms with Crippen LogP contribution in [0.15, 0.2) is 36.4 Å². The van der Waals surface area contributed by atoms with E-state index in [-0.39, 0.29) is 5.56 Å². The number of halogens is 2. The van der Waals surface area contributed by atoms with E-state index in [0.29, 0.717) is 17.1 Å². The first-order chi connectivity index (χ1) is 9.56. The summed E-state index contributed by atoms with van der Waals surface area (Å²) in [5.74, 6) is -0.0496. The second-order valence-electron chi connectivity index (χ2n) is 4.26. The van der Waals surface area contributed by atoms with E-state index in [0.717, 1.165) is 18.2 Å². The SMILES string of the molecule is COc1ccc(C(N)c2cc(F)ccc2F)cc1OC. The van der Waals surface area contributed by atoms with Gasteiger partial charge in [0.2, 0.25) is 0 Å². The first kappa shape index (κ1) is 14.3. The Morgan fingerprint density at radius 1 is 0.950 bits per heavy atom. The molecule has 2 aromatic carbocycles. The second kappa shape index (κ2) is 5.88. The van der Waals surface area contributed by atoms with Crippen LogP contribution in [0.2, 0.25) is 0 Å². The highest BCUT2D eigenvalue weighted by atomic mass is 19.1. The molecule has 2 N–H and O–H groups in total. The van der Waals surface area contributed by atoms with Gasteiger partial charge in [-0.3, -0.25) is 0 Å². The van der Waals surface area contributed by atoms with Crippen LogP contribution in [0, 0.1) is 11.6 Å². The third-order valence-corrected chi connectivity index (χ3v) is 3.06. The Balaban J connectivity index is 2.42. The summed E-state index contributed by atoms with van der Waals surface area (Å²) >= 11 is 0. The third-order valence-electron chi connectivity index (χ3n) is 3.06. The quantitative estimate of drug-likeness (QED) is 0.935. The minimum atomic E-state index is -0.787. The molecule has 0 amide bonds. The maximum absolute atomic E-state index is 13.7. The fraction of sp³-hybridized carbons (Fsp3) is 0.200. The topological polar surface area (TPSA) is 44.5 Å². The average Bonchev–Trinajstić information content (AvgIpc) is 2.48. The van der Waals surface area contributed by atoms with E-state index < -0.39 is 17.7 Å². The van der Waals surface area contributed by atoms with Crippen LogP contribution < -0.4 is 15.2 Å². The van der Waals surface area contributed by atoms with Crippen LogP contribution >= 0.6 is 0 Å². The van der Waals surface area contributed by atoms with Gasteiger partial charge < -0.3 is 15.2 Å². The second-order valence-corrected chi connectivity index (χ2v) is 4.26. The monoisotopic (exact) mass is 279 g/mol. The predicted octanol–water partition coefficient (Wildman–Crippen LogP) is 3.03. The van der Waals surface area contributed by atoms with Crippen LogP contribution in [0.3, 0.4) is 0 Å². The lowest BCUT2D eigenvalue weighted by Gasteiger charge is -2.16. The molecule has 0 aromatic heterocycles. The first-order valence-electron chi connectivity index (χ1n) is 5.99. The fourth-order valence-electron chi connectivity index (χ4n) is 1.98. The number of hydrogen-bond acceptors (Lipinski definition) is 3. The van der Waals surface area contributed by atoms with Gasteiger partial charge >= 0.3 is 0 Å². The third kappa shape index (κ3) is 2.72. The zero-order valence-electron chi connectivity index (χ0n) is 11.2. The summed E-state index contributed by atoms with van der Waals surface area (Å²) in [6, 6.07) is 7.43. The molecule has 0 aliphatic carbocycles. The van der Waals surface area contributed by atoms with E-state index in [2.05, 4.69) is 0 Å². The number of rotatable bonds is 4. The van der Waals surface area contributed by atoms with Crippen molar-refractivity contribution in [1.29, 1.82) is 0 Å². The van der Waals surface area contributed by atoms with E-state index in [1.54, 1.807) is 18.2 Å². The van der Waals surface area contributed by atoms with Crippen molar-refractivity contribution in [3.8, 4) is 11.5 Å². The Hall–Kier alpha value is -2.14. The molecule has 106 valence electrons. The molecule has 0 aliphatic rings. The summed E-state index contributed by atoms with van der Waals surface area (Å²) in [5, 5.41) is 0. The van der Waals surface area contributed by atoms with Crippen LogP contribution in [-0.4, -0.2) is 14.2 Å². The van der Waals surface area contributed by atoms with Crippen molar-refractivity contribution < 1.29 is 18.3 Å². The lowest BCUT2D eigenvalue weighted by atomic mass is 9.98. The Morgan fingerprint density at radius 2 is 1.65 bits per heavy atom. The summed E-state index contributed by atoms with van der Waals surface area (Å²) in [5.41, 5.74) is 6.70. The Bertz CT molecular complexity index is 617. The van der Waals surface area contributed by atoms with Crippen molar-refractivity contribution in [1.82, 2.24) is 0 Å². The van der Waals surface area contributed by atoms with E-state index in [1.165, 1.54) is 14.2 Å². The maximum atomic E-state index is 13.7. The zero-order valence-corrected chi connectivity index (χ0v) is 11.2. The minimum absolute atomic E-state index is 0.0946. The van der Waals surface area contributed by atoms with E-state index in [4.69, 9.17) is 15.2 Å². The zero-order chi connectivity index (χ0) is 14.7. The molecule has 1 unspecified atom stereocenters. The summed E-state index contributed by atoms with van der Waals surface area (Å²) < 4.78 is 37.2. The van der Waals surface area contributed by atoms with Gasteiger partial charge in [0.05, 0.1) is 20.3 Å². The Kier molecular flexibility index (Phi) is 4.20. The lowest BCUT2D eigenvalue weighted by Crippen LogP contribution is -2.14. The highest BCUT2D eigenvalue weighted by molar-refractivity contribution is 5.45. The van der Waals surface area contributed by atoms with Crippen molar-refractivity contribution in [3.05, 3.63) is 59.2 Å². The molecule has 0 spiro atoms. The Labute approximate surface area is 115 Å². The number of benzene rings is 2. The van der Waals surface area contributed by atoms with Gasteiger partial charge in [0.1, 0.15) is 11.6 Å². The van der Waals surface area contributed by atoms with E-state index >= 15 is 0 Å². The molecule has 0 saturated heterocycles. The highest BCUT2D eigenvalue weighted by Gasteiger charge is 2.16. The summed E-state index contributed by atoms with van der Waals surface area (Å²) in [4.78, 5) is 0. The van der Waals surface area contributed by atoms with Crippen LogP contribution in [0.1, 0.15) is 17.2 Å². The van der Waals surface area contributed by atoms with E-state index in [1.807, 2.05) is 0 Å². The first-order valence-corrected chi connectivity index (χ1v) is 5.99. The van der Waals surface area contributed by atoms with Gasteiger partial charge in [-0.1, -0.05) is 6.07 Å². The smallest absolute Gasteiger partial charge is 0.161 e. The van der Waals surface area contributed by atoms with Gasteiger partial charge in [-0.05, 0) is 35.9 Å². The maximum Gasteiger partial charge on any atom is 0.161 e. The Morgan fingerprint density at radius 3 is 2.30 bits per heavy atom. The minimum Gasteiger partial charge on any atom is -0.493 e. The van der Waals surface area contributed by atoms with Gasteiger partial charge in [0.25, 0.3) is 0 Å².